The van der Waals surface area contributed by atoms with Gasteiger partial charge in [-0.25, -0.2) is 4.31 Å². The molecule has 2 aromatic rings. The van der Waals surface area contributed by atoms with Crippen molar-refractivity contribution in [3.8, 4) is 0 Å². The summed E-state index contributed by atoms with van der Waals surface area (Å²) in [5, 5.41) is 41.8. The average molecular weight is 503 g/mol. The van der Waals surface area contributed by atoms with Gasteiger partial charge in [0.05, 0.1) is 25.2 Å². The minimum Gasteiger partial charge on any atom is -0.395 e. The molecule has 0 heterocycles. The molecule has 0 bridgehead atoms. The zero-order valence-corrected chi connectivity index (χ0v) is 18.7. The largest absolute Gasteiger partial charge is 0.395 e. The average Bonchev–Trinajstić information content (AvgIpc) is 2.69. The fourth-order valence-corrected chi connectivity index (χ4v) is 3.67. The van der Waals surface area contributed by atoms with Crippen LogP contribution in [0.5, 0.6) is 0 Å². The summed E-state index contributed by atoms with van der Waals surface area (Å²) in [5.74, 6) is 0. The summed E-state index contributed by atoms with van der Waals surface area (Å²) in [6, 6.07) is 12.8. The Morgan fingerprint density at radius 2 is 1.10 bits per heavy atom. The Labute approximate surface area is 185 Å². The van der Waals surface area contributed by atoms with Crippen LogP contribution < -0.4 is 0 Å². The van der Waals surface area contributed by atoms with E-state index in [4.69, 9.17) is 42.8 Å². The van der Waals surface area contributed by atoms with Crippen molar-refractivity contribution in [2.75, 3.05) is 19.8 Å². The van der Waals surface area contributed by atoms with E-state index in [2.05, 4.69) is 4.31 Å². The van der Waals surface area contributed by atoms with Crippen LogP contribution >= 0.6 is 40.4 Å². The summed E-state index contributed by atoms with van der Waals surface area (Å²) in [6.07, 6.45) is 0. The quantitative estimate of drug-likeness (QED) is 0.249. The Morgan fingerprint density at radius 1 is 0.733 bits per heavy atom. The second kappa shape index (κ2) is 12.5. The molecule has 8 N–H and O–H groups in total. The number of hydrogen-bond donors (Lipinski definition) is 8. The first-order chi connectivity index (χ1) is 14.1. The number of rotatable bonds is 8. The minimum atomic E-state index is -2.61. The van der Waals surface area contributed by atoms with Crippen LogP contribution in [-0.4, -0.2) is 59.8 Å². The molecule has 0 saturated heterocycles. The van der Waals surface area contributed by atoms with Crippen LogP contribution in [0.2, 0.25) is 10.0 Å². The summed E-state index contributed by atoms with van der Waals surface area (Å²) >= 11 is 12.0. The molecule has 0 amide bonds. The maximum Gasteiger partial charge on any atom is 0.334 e. The number of halogens is 2. The topological polar surface area (TPSA) is 171 Å². The molecule has 0 unspecified atom stereocenters. The Morgan fingerprint density at radius 3 is 1.33 bits per heavy atom. The van der Waals surface area contributed by atoms with Crippen molar-refractivity contribution in [3.05, 3.63) is 69.7 Å². The van der Waals surface area contributed by atoms with Gasteiger partial charge in [-0.05, 0) is 35.4 Å². The maximum absolute atomic E-state index is 11.5. The molecule has 13 heteroatoms. The molecule has 0 saturated carbocycles. The fourth-order valence-electron chi connectivity index (χ4n) is 2.76. The molecule has 9 nitrogen and oxygen atoms in total. The van der Waals surface area contributed by atoms with Crippen molar-refractivity contribution >= 4 is 40.4 Å². The van der Waals surface area contributed by atoms with Gasteiger partial charge in [0.1, 0.15) is 5.60 Å². The van der Waals surface area contributed by atoms with Gasteiger partial charge in [-0.1, -0.05) is 47.5 Å². The van der Waals surface area contributed by atoms with Gasteiger partial charge >= 0.3 is 17.2 Å². The Bertz CT molecular complexity index is 732. The van der Waals surface area contributed by atoms with E-state index >= 15 is 0 Å². The second-order valence-corrected chi connectivity index (χ2v) is 8.61. The zero-order valence-electron chi connectivity index (χ0n) is 15.4. The van der Waals surface area contributed by atoms with Gasteiger partial charge in [0.25, 0.3) is 0 Å². The number of aliphatic hydroxyl groups excluding tert-OH is 3. The Balaban J connectivity index is 0.000000553. The first-order valence-corrected chi connectivity index (χ1v) is 11.3. The third kappa shape index (κ3) is 6.76. The third-order valence-corrected chi connectivity index (χ3v) is 5.95. The molecule has 168 valence electrons. The normalized spacial score (nSPS) is 12.1. The lowest BCUT2D eigenvalue weighted by molar-refractivity contribution is -0.136. The molecule has 0 radical (unpaired) electrons. The lowest BCUT2D eigenvalue weighted by atomic mass is 9.66. The van der Waals surface area contributed by atoms with Crippen molar-refractivity contribution in [2.24, 2.45) is 5.41 Å². The van der Waals surface area contributed by atoms with Crippen LogP contribution in [0.1, 0.15) is 11.1 Å². The highest BCUT2D eigenvalue weighted by Crippen LogP contribution is 2.46. The number of benzene rings is 2. The van der Waals surface area contributed by atoms with Crippen molar-refractivity contribution in [3.63, 3.8) is 0 Å². The van der Waals surface area contributed by atoms with Crippen LogP contribution in [0.25, 0.3) is 0 Å². The van der Waals surface area contributed by atoms with Crippen LogP contribution in [0.4, 0.5) is 0 Å². The molecular formula is C17H22Cl2O9P2. The van der Waals surface area contributed by atoms with E-state index in [1.165, 1.54) is 12.1 Å². The van der Waals surface area contributed by atoms with E-state index in [0.29, 0.717) is 21.2 Å². The van der Waals surface area contributed by atoms with E-state index in [9.17, 15) is 20.4 Å². The Kier molecular flexibility index (Phi) is 11.5. The molecule has 30 heavy (non-hydrogen) atoms. The van der Waals surface area contributed by atoms with Crippen LogP contribution in [0, 0.1) is 5.41 Å². The predicted octanol–water partition coefficient (Wildman–Crippen LogP) is 1.62. The standard InChI is InChI=1S/C17H18Cl2O4.H4O5P2/c18-14-5-1-3-12(7-14)17(23,16(9-20,10-21)11-22)13-4-2-6-15(19)8-13;1-6(2)5-7(3)4/h1-8,20-23H,9-11H2;1-4H. The second-order valence-electron chi connectivity index (χ2n) is 6.07. The lowest BCUT2D eigenvalue weighted by Gasteiger charge is -2.45. The van der Waals surface area contributed by atoms with Gasteiger partial charge in [0.2, 0.25) is 0 Å². The molecule has 0 fully saturated rings. The van der Waals surface area contributed by atoms with Crippen LogP contribution in [-0.2, 0) is 9.91 Å². The van der Waals surface area contributed by atoms with E-state index in [0.717, 1.165) is 0 Å². The molecule has 2 rings (SSSR count). The highest BCUT2D eigenvalue weighted by molar-refractivity contribution is 7.53. The number of hydrogen-bond acceptors (Lipinski definition) is 9. The minimum absolute atomic E-state index is 0.337. The van der Waals surface area contributed by atoms with Gasteiger partial charge in [0, 0.05) is 10.0 Å². The van der Waals surface area contributed by atoms with E-state index < -0.39 is 48.0 Å². The van der Waals surface area contributed by atoms with E-state index in [1.54, 1.807) is 36.4 Å². The van der Waals surface area contributed by atoms with Gasteiger partial charge < -0.3 is 40.0 Å². The van der Waals surface area contributed by atoms with Crippen LogP contribution in [0.3, 0.4) is 0 Å². The summed E-state index contributed by atoms with van der Waals surface area (Å²) < 4.78 is 3.60. The summed E-state index contributed by atoms with van der Waals surface area (Å²) in [5.41, 5.74) is -2.84. The Hall–Kier alpha value is -0.480. The molecule has 0 aliphatic heterocycles. The van der Waals surface area contributed by atoms with E-state index in [-0.39, 0.29) is 0 Å². The fraction of sp³-hybridized carbons (Fsp3) is 0.294. The highest BCUT2D eigenvalue weighted by Gasteiger charge is 2.52. The smallest absolute Gasteiger partial charge is 0.334 e. The molecule has 0 atom stereocenters. The van der Waals surface area contributed by atoms with Crippen molar-refractivity contribution in [1.29, 1.82) is 0 Å². The highest BCUT2D eigenvalue weighted by atomic mass is 35.5. The van der Waals surface area contributed by atoms with E-state index in [1.807, 2.05) is 0 Å². The van der Waals surface area contributed by atoms with Gasteiger partial charge in [-0.3, -0.25) is 0 Å². The molecule has 2 aromatic carbocycles. The third-order valence-electron chi connectivity index (χ3n) is 4.31. The summed E-state index contributed by atoms with van der Waals surface area (Å²) in [7, 11) is -5.22. The van der Waals surface area contributed by atoms with Gasteiger partial charge in [-0.2, -0.15) is 0 Å². The molecular weight excluding hydrogens is 481 g/mol. The first-order valence-electron chi connectivity index (χ1n) is 8.17. The zero-order chi connectivity index (χ0) is 22.9. The molecule has 0 aliphatic carbocycles. The summed E-state index contributed by atoms with van der Waals surface area (Å²) in [4.78, 5) is 31.3. The van der Waals surface area contributed by atoms with Gasteiger partial charge in [-0.15, -0.1) is 0 Å². The molecule has 0 aliphatic rings. The number of aliphatic hydroxyl groups is 4. The van der Waals surface area contributed by atoms with Crippen LogP contribution in [0.15, 0.2) is 48.5 Å². The maximum atomic E-state index is 11.5. The predicted molar refractivity (Wildman–Crippen MR) is 113 cm³/mol. The van der Waals surface area contributed by atoms with Gasteiger partial charge in [0.15, 0.2) is 0 Å². The SMILES string of the molecule is OCC(CO)(CO)C(O)(c1cccc(Cl)c1)c1cccc(Cl)c1.OP(O)OP(O)O. The lowest BCUT2D eigenvalue weighted by Crippen LogP contribution is -2.54. The van der Waals surface area contributed by atoms with Crippen molar-refractivity contribution in [1.82, 2.24) is 0 Å². The summed E-state index contributed by atoms with van der Waals surface area (Å²) in [6.45, 7) is -1.93. The molecule has 0 spiro atoms. The van der Waals surface area contributed by atoms with Crippen molar-refractivity contribution in [2.45, 2.75) is 5.60 Å². The van der Waals surface area contributed by atoms with Crippen molar-refractivity contribution < 1.29 is 44.3 Å². The molecule has 0 aromatic heterocycles. The first kappa shape index (κ1) is 27.6. The monoisotopic (exact) mass is 502 g/mol.